The summed E-state index contributed by atoms with van der Waals surface area (Å²) in [6, 6.07) is 5.15. The summed E-state index contributed by atoms with van der Waals surface area (Å²) in [5, 5.41) is 9.36. The second-order valence-electron chi connectivity index (χ2n) is 2.99. The molecule has 2 nitrogen and oxygen atoms in total. The maximum Gasteiger partial charge on any atom is 0.147 e. The van der Waals surface area contributed by atoms with E-state index in [9.17, 15) is 4.79 Å². The lowest BCUT2D eigenvalue weighted by Gasteiger charge is -2.09. The summed E-state index contributed by atoms with van der Waals surface area (Å²) >= 11 is 9.20. The fourth-order valence-electron chi connectivity index (χ4n) is 1.09. The largest absolute Gasteiger partial charge is 0.392 e. The van der Waals surface area contributed by atoms with E-state index in [0.29, 0.717) is 5.02 Å². The molecule has 0 heterocycles. The van der Waals surface area contributed by atoms with Gasteiger partial charge in [-0.15, -0.1) is 0 Å². The number of alkyl halides is 1. The summed E-state index contributed by atoms with van der Waals surface area (Å²) in [7, 11) is 0. The quantitative estimate of drug-likeness (QED) is 0.863. The van der Waals surface area contributed by atoms with E-state index in [2.05, 4.69) is 15.9 Å². The van der Waals surface area contributed by atoms with Crippen LogP contribution in [0.25, 0.3) is 0 Å². The second-order valence-corrected chi connectivity index (χ2v) is 4.31. The van der Waals surface area contributed by atoms with Gasteiger partial charge in [0.15, 0.2) is 0 Å². The molecule has 4 heteroatoms. The lowest BCUT2D eigenvalue weighted by molar-refractivity contribution is -0.116. The Labute approximate surface area is 96.0 Å². The highest BCUT2D eigenvalue weighted by Gasteiger charge is 2.15. The predicted octanol–water partition coefficient (Wildman–Crippen LogP) is 2.86. The molecule has 1 rings (SSSR count). The van der Waals surface area contributed by atoms with Gasteiger partial charge in [-0.25, -0.2) is 0 Å². The number of benzene rings is 1. The van der Waals surface area contributed by atoms with Gasteiger partial charge in [0.25, 0.3) is 0 Å². The maximum absolute atomic E-state index is 11.1. The highest BCUT2D eigenvalue weighted by atomic mass is 79.9. The minimum atomic E-state index is -0.372. The molecule has 0 aliphatic rings. The van der Waals surface area contributed by atoms with Crippen LogP contribution in [0.4, 0.5) is 0 Å². The van der Waals surface area contributed by atoms with Crippen LogP contribution in [0.5, 0.6) is 0 Å². The summed E-state index contributed by atoms with van der Waals surface area (Å²) < 4.78 is 0. The summed E-state index contributed by atoms with van der Waals surface area (Å²) in [5.41, 5.74) is 1.47. The summed E-state index contributed by atoms with van der Waals surface area (Å²) in [4.78, 5) is 10.7. The molecule has 76 valence electrons. The fourth-order valence-corrected chi connectivity index (χ4v) is 1.94. The molecular weight excluding hydrogens is 267 g/mol. The fraction of sp³-hybridized carbons (Fsp3) is 0.300. The second kappa shape index (κ2) is 4.91. The van der Waals surface area contributed by atoms with Crippen molar-refractivity contribution in [1.29, 1.82) is 0 Å². The molecule has 0 spiro atoms. The summed E-state index contributed by atoms with van der Waals surface area (Å²) in [6.07, 6.45) is 0. The van der Waals surface area contributed by atoms with E-state index < -0.39 is 0 Å². The van der Waals surface area contributed by atoms with Crippen LogP contribution in [-0.2, 0) is 11.4 Å². The smallest absolute Gasteiger partial charge is 0.147 e. The molecule has 1 aromatic rings. The minimum absolute atomic E-state index is 0.00338. The lowest BCUT2D eigenvalue weighted by atomic mass is 10.1. The van der Waals surface area contributed by atoms with Gasteiger partial charge in [-0.1, -0.05) is 39.7 Å². The third-order valence-corrected chi connectivity index (χ3v) is 3.34. The molecule has 14 heavy (non-hydrogen) atoms. The third-order valence-electron chi connectivity index (χ3n) is 1.88. The number of aliphatic hydroxyl groups is 1. The summed E-state index contributed by atoms with van der Waals surface area (Å²) in [6.45, 7) is 1.45. The topological polar surface area (TPSA) is 37.3 Å². The Morgan fingerprint density at radius 1 is 1.64 bits per heavy atom. The molecule has 1 aromatic carbocycles. The number of carbonyl (C=O) groups is 1. The van der Waals surface area contributed by atoms with Crippen LogP contribution in [-0.4, -0.2) is 10.9 Å². The van der Waals surface area contributed by atoms with Gasteiger partial charge in [-0.05, 0) is 24.1 Å². The zero-order valence-electron chi connectivity index (χ0n) is 7.63. The predicted molar refractivity (Wildman–Crippen MR) is 59.7 cm³/mol. The molecule has 1 N–H and O–H groups in total. The number of ketones is 1. The summed E-state index contributed by atoms with van der Waals surface area (Å²) in [5.74, 6) is 0.00338. The van der Waals surface area contributed by atoms with E-state index in [0.717, 1.165) is 11.1 Å². The van der Waals surface area contributed by atoms with Crippen LogP contribution < -0.4 is 0 Å². The molecule has 1 unspecified atom stereocenters. The average molecular weight is 278 g/mol. The molecule has 0 amide bonds. The van der Waals surface area contributed by atoms with Crippen LogP contribution in [0, 0.1) is 0 Å². The average Bonchev–Trinajstić information content (AvgIpc) is 2.16. The van der Waals surface area contributed by atoms with Crippen molar-refractivity contribution in [3.8, 4) is 0 Å². The maximum atomic E-state index is 11.1. The first-order valence-electron chi connectivity index (χ1n) is 4.10. The van der Waals surface area contributed by atoms with Gasteiger partial charge in [0.05, 0.1) is 11.4 Å². The van der Waals surface area contributed by atoms with Gasteiger partial charge < -0.3 is 5.11 Å². The number of halogens is 2. The Kier molecular flexibility index (Phi) is 4.11. The zero-order chi connectivity index (χ0) is 10.7. The monoisotopic (exact) mass is 276 g/mol. The van der Waals surface area contributed by atoms with Crippen molar-refractivity contribution in [3.63, 3.8) is 0 Å². The van der Waals surface area contributed by atoms with Crippen LogP contribution in [0.2, 0.25) is 5.02 Å². The molecule has 0 bridgehead atoms. The van der Waals surface area contributed by atoms with E-state index in [1.165, 1.54) is 6.92 Å². The zero-order valence-corrected chi connectivity index (χ0v) is 9.97. The van der Waals surface area contributed by atoms with E-state index in [1.54, 1.807) is 18.2 Å². The molecular formula is C10H10BrClO2. The highest BCUT2D eigenvalue weighted by Crippen LogP contribution is 2.30. The van der Waals surface area contributed by atoms with E-state index >= 15 is 0 Å². The molecule has 0 aliphatic carbocycles. The van der Waals surface area contributed by atoms with Gasteiger partial charge in [-0.3, -0.25) is 4.79 Å². The standard InChI is InChI=1S/C10H10BrClO2/c1-6(14)10(11)8-3-2-7(5-13)4-9(8)12/h2-4,10,13H,5H2,1H3. The Balaban J connectivity index is 3.05. The first-order valence-corrected chi connectivity index (χ1v) is 5.39. The first-order chi connectivity index (χ1) is 6.56. The molecule has 0 aromatic heterocycles. The lowest BCUT2D eigenvalue weighted by Crippen LogP contribution is -2.02. The SMILES string of the molecule is CC(=O)C(Br)c1ccc(CO)cc1Cl. The van der Waals surface area contributed by atoms with Gasteiger partial charge in [0.2, 0.25) is 0 Å². The van der Waals surface area contributed by atoms with Crippen LogP contribution in [0.15, 0.2) is 18.2 Å². The van der Waals surface area contributed by atoms with Crippen molar-refractivity contribution in [3.05, 3.63) is 34.3 Å². The van der Waals surface area contributed by atoms with Crippen molar-refractivity contribution in [2.75, 3.05) is 0 Å². The van der Waals surface area contributed by atoms with Crippen molar-refractivity contribution in [2.45, 2.75) is 18.4 Å². The normalized spacial score (nSPS) is 12.6. The van der Waals surface area contributed by atoms with Gasteiger partial charge in [0.1, 0.15) is 5.78 Å². The van der Waals surface area contributed by atoms with Gasteiger partial charge in [0, 0.05) is 5.02 Å². The molecule has 0 fully saturated rings. The molecule has 0 saturated heterocycles. The van der Waals surface area contributed by atoms with Crippen LogP contribution >= 0.6 is 27.5 Å². The van der Waals surface area contributed by atoms with E-state index in [4.69, 9.17) is 16.7 Å². The number of rotatable bonds is 3. The Morgan fingerprint density at radius 2 is 2.29 bits per heavy atom. The van der Waals surface area contributed by atoms with Crippen LogP contribution in [0.1, 0.15) is 22.9 Å². The third kappa shape index (κ3) is 2.56. The Morgan fingerprint density at radius 3 is 2.71 bits per heavy atom. The van der Waals surface area contributed by atoms with Crippen molar-refractivity contribution < 1.29 is 9.90 Å². The molecule has 1 atom stereocenters. The van der Waals surface area contributed by atoms with Crippen molar-refractivity contribution in [2.24, 2.45) is 0 Å². The molecule has 0 saturated carbocycles. The molecule has 0 radical (unpaired) electrons. The number of aliphatic hydroxyl groups excluding tert-OH is 1. The highest BCUT2D eigenvalue weighted by molar-refractivity contribution is 9.09. The van der Waals surface area contributed by atoms with E-state index in [-0.39, 0.29) is 17.2 Å². The minimum Gasteiger partial charge on any atom is -0.392 e. The van der Waals surface area contributed by atoms with Gasteiger partial charge >= 0.3 is 0 Å². The Hall–Kier alpha value is -0.380. The number of Topliss-reactive ketones (excluding diaryl/α,β-unsaturated/α-hetero) is 1. The Bertz CT molecular complexity index is 352. The number of hydrogen-bond acceptors (Lipinski definition) is 2. The molecule has 0 aliphatic heterocycles. The van der Waals surface area contributed by atoms with Crippen LogP contribution in [0.3, 0.4) is 0 Å². The number of hydrogen-bond donors (Lipinski definition) is 1. The van der Waals surface area contributed by atoms with Gasteiger partial charge in [-0.2, -0.15) is 0 Å². The number of carbonyl (C=O) groups excluding carboxylic acids is 1. The first kappa shape index (κ1) is 11.7. The van der Waals surface area contributed by atoms with Crippen molar-refractivity contribution >= 4 is 33.3 Å². The van der Waals surface area contributed by atoms with Crippen molar-refractivity contribution in [1.82, 2.24) is 0 Å². The van der Waals surface area contributed by atoms with E-state index in [1.807, 2.05) is 0 Å².